The summed E-state index contributed by atoms with van der Waals surface area (Å²) in [5, 5.41) is 0. The van der Waals surface area contributed by atoms with E-state index in [9.17, 15) is 0 Å². The van der Waals surface area contributed by atoms with E-state index in [4.69, 9.17) is 10.5 Å². The van der Waals surface area contributed by atoms with Gasteiger partial charge >= 0.3 is 0 Å². The van der Waals surface area contributed by atoms with Crippen LogP contribution in [0.3, 0.4) is 0 Å². The predicted octanol–water partition coefficient (Wildman–Crippen LogP) is 2.19. The first-order chi connectivity index (χ1) is 8.83. The fourth-order valence-corrected chi connectivity index (χ4v) is 2.42. The van der Waals surface area contributed by atoms with E-state index in [1.807, 2.05) is 0 Å². The number of anilines is 1. The average molecular weight is 248 g/mol. The van der Waals surface area contributed by atoms with Gasteiger partial charge in [-0.25, -0.2) is 0 Å². The Bertz CT molecular complexity index is 350. The molecule has 0 bridgehead atoms. The third kappa shape index (κ3) is 3.47. The van der Waals surface area contributed by atoms with Crippen molar-refractivity contribution < 1.29 is 4.74 Å². The minimum atomic E-state index is 0.371. The van der Waals surface area contributed by atoms with Gasteiger partial charge in [0.05, 0.1) is 6.10 Å². The molecule has 1 aliphatic heterocycles. The quantitative estimate of drug-likeness (QED) is 0.887. The SMILES string of the molecule is CCC1CN(c2ccc(CCN)cc2)CCCO1. The third-order valence-electron chi connectivity index (χ3n) is 3.54. The van der Waals surface area contributed by atoms with Crippen molar-refractivity contribution in [3.63, 3.8) is 0 Å². The standard InChI is InChI=1S/C15H24N2O/c1-2-15-12-17(10-3-11-18-15)14-6-4-13(5-7-14)8-9-16/h4-7,15H,2-3,8-12,16H2,1H3. The van der Waals surface area contributed by atoms with Crippen molar-refractivity contribution in [2.24, 2.45) is 5.73 Å². The molecular formula is C15H24N2O. The van der Waals surface area contributed by atoms with Crippen LogP contribution in [0.25, 0.3) is 0 Å². The van der Waals surface area contributed by atoms with E-state index in [1.54, 1.807) is 0 Å². The molecule has 0 aliphatic carbocycles. The summed E-state index contributed by atoms with van der Waals surface area (Å²) in [5.74, 6) is 0. The lowest BCUT2D eigenvalue weighted by Gasteiger charge is -2.25. The fraction of sp³-hybridized carbons (Fsp3) is 0.600. The predicted molar refractivity (Wildman–Crippen MR) is 76.1 cm³/mol. The van der Waals surface area contributed by atoms with Crippen molar-refractivity contribution in [3.8, 4) is 0 Å². The Morgan fingerprint density at radius 1 is 1.33 bits per heavy atom. The maximum atomic E-state index is 5.81. The number of benzene rings is 1. The Hall–Kier alpha value is -1.06. The van der Waals surface area contributed by atoms with Crippen LogP contribution in [0.5, 0.6) is 0 Å². The molecule has 1 atom stereocenters. The summed E-state index contributed by atoms with van der Waals surface area (Å²) in [4.78, 5) is 2.44. The van der Waals surface area contributed by atoms with Crippen molar-refractivity contribution in [3.05, 3.63) is 29.8 Å². The molecule has 3 nitrogen and oxygen atoms in total. The number of hydrogen-bond acceptors (Lipinski definition) is 3. The highest BCUT2D eigenvalue weighted by Gasteiger charge is 2.17. The summed E-state index contributed by atoms with van der Waals surface area (Å²) < 4.78 is 5.81. The zero-order valence-electron chi connectivity index (χ0n) is 11.3. The van der Waals surface area contributed by atoms with E-state index in [0.717, 1.165) is 45.5 Å². The molecule has 18 heavy (non-hydrogen) atoms. The molecule has 2 N–H and O–H groups in total. The Kier molecular flexibility index (Phi) is 5.02. The smallest absolute Gasteiger partial charge is 0.0747 e. The third-order valence-corrected chi connectivity index (χ3v) is 3.54. The molecule has 1 aromatic carbocycles. The summed E-state index contributed by atoms with van der Waals surface area (Å²) in [6, 6.07) is 8.80. The van der Waals surface area contributed by atoms with E-state index >= 15 is 0 Å². The summed E-state index contributed by atoms with van der Waals surface area (Å²) in [7, 11) is 0. The number of hydrogen-bond donors (Lipinski definition) is 1. The van der Waals surface area contributed by atoms with Gasteiger partial charge in [-0.3, -0.25) is 0 Å². The molecule has 1 heterocycles. The Morgan fingerprint density at radius 3 is 2.78 bits per heavy atom. The maximum absolute atomic E-state index is 5.81. The van der Waals surface area contributed by atoms with Gasteiger partial charge in [-0.05, 0) is 43.5 Å². The minimum absolute atomic E-state index is 0.371. The monoisotopic (exact) mass is 248 g/mol. The second-order valence-electron chi connectivity index (χ2n) is 4.91. The van der Waals surface area contributed by atoms with Gasteiger partial charge in [0.2, 0.25) is 0 Å². The first kappa shape index (κ1) is 13.4. The van der Waals surface area contributed by atoms with Gasteiger partial charge < -0.3 is 15.4 Å². The summed E-state index contributed by atoms with van der Waals surface area (Å²) >= 11 is 0. The van der Waals surface area contributed by atoms with Crippen LogP contribution in [0, 0.1) is 0 Å². The molecule has 0 saturated carbocycles. The van der Waals surface area contributed by atoms with Crippen LogP contribution in [0.4, 0.5) is 5.69 Å². The molecule has 1 unspecified atom stereocenters. The number of ether oxygens (including phenoxy) is 1. The van der Waals surface area contributed by atoms with Crippen molar-refractivity contribution in [2.45, 2.75) is 32.3 Å². The van der Waals surface area contributed by atoms with Crippen LogP contribution in [0.2, 0.25) is 0 Å². The fourth-order valence-electron chi connectivity index (χ4n) is 2.42. The molecule has 0 spiro atoms. The van der Waals surface area contributed by atoms with Gasteiger partial charge in [-0.2, -0.15) is 0 Å². The summed E-state index contributed by atoms with van der Waals surface area (Å²) in [5.41, 5.74) is 8.20. The highest BCUT2D eigenvalue weighted by atomic mass is 16.5. The molecule has 3 heteroatoms. The highest BCUT2D eigenvalue weighted by molar-refractivity contribution is 5.48. The van der Waals surface area contributed by atoms with Crippen LogP contribution in [-0.4, -0.2) is 32.3 Å². The first-order valence-electron chi connectivity index (χ1n) is 6.99. The lowest BCUT2D eigenvalue weighted by atomic mass is 10.1. The van der Waals surface area contributed by atoms with E-state index in [2.05, 4.69) is 36.1 Å². The molecule has 1 saturated heterocycles. The van der Waals surface area contributed by atoms with Crippen molar-refractivity contribution in [1.29, 1.82) is 0 Å². The normalized spacial score (nSPS) is 20.8. The zero-order chi connectivity index (χ0) is 12.8. The molecule has 1 aromatic rings. The molecule has 0 aromatic heterocycles. The number of nitrogens with two attached hydrogens (primary N) is 1. The Labute approximate surface area is 110 Å². The first-order valence-corrected chi connectivity index (χ1v) is 6.99. The topological polar surface area (TPSA) is 38.5 Å². The lowest BCUT2D eigenvalue weighted by molar-refractivity contribution is 0.0664. The molecule has 1 aliphatic rings. The molecule has 0 amide bonds. The maximum Gasteiger partial charge on any atom is 0.0747 e. The largest absolute Gasteiger partial charge is 0.376 e. The van der Waals surface area contributed by atoms with Crippen LogP contribution in [-0.2, 0) is 11.2 Å². The van der Waals surface area contributed by atoms with Crippen LogP contribution >= 0.6 is 0 Å². The van der Waals surface area contributed by atoms with Crippen molar-refractivity contribution in [2.75, 3.05) is 31.1 Å². The van der Waals surface area contributed by atoms with E-state index in [-0.39, 0.29) is 0 Å². The zero-order valence-corrected chi connectivity index (χ0v) is 11.3. The average Bonchev–Trinajstić information content (AvgIpc) is 2.65. The Balaban J connectivity index is 2.04. The van der Waals surface area contributed by atoms with Crippen molar-refractivity contribution >= 4 is 5.69 Å². The van der Waals surface area contributed by atoms with E-state index < -0.39 is 0 Å². The molecule has 0 radical (unpaired) electrons. The number of rotatable bonds is 4. The second kappa shape index (κ2) is 6.76. The molecule has 2 rings (SSSR count). The molecule has 100 valence electrons. The lowest BCUT2D eigenvalue weighted by Crippen LogP contribution is -2.31. The molecular weight excluding hydrogens is 224 g/mol. The van der Waals surface area contributed by atoms with Crippen molar-refractivity contribution in [1.82, 2.24) is 0 Å². The van der Waals surface area contributed by atoms with Crippen LogP contribution in [0.1, 0.15) is 25.3 Å². The Morgan fingerprint density at radius 2 is 2.11 bits per heavy atom. The van der Waals surface area contributed by atoms with Gasteiger partial charge in [0.15, 0.2) is 0 Å². The van der Waals surface area contributed by atoms with Gasteiger partial charge in [0, 0.05) is 25.4 Å². The van der Waals surface area contributed by atoms with E-state index in [0.29, 0.717) is 6.10 Å². The van der Waals surface area contributed by atoms with Gasteiger partial charge in [0.1, 0.15) is 0 Å². The highest BCUT2D eigenvalue weighted by Crippen LogP contribution is 2.19. The summed E-state index contributed by atoms with van der Waals surface area (Å²) in [6.45, 7) is 5.90. The van der Waals surface area contributed by atoms with Crippen LogP contribution < -0.4 is 10.6 Å². The summed E-state index contributed by atoms with van der Waals surface area (Å²) in [6.07, 6.45) is 3.53. The molecule has 1 fully saturated rings. The van der Waals surface area contributed by atoms with E-state index in [1.165, 1.54) is 11.3 Å². The van der Waals surface area contributed by atoms with Gasteiger partial charge in [-0.15, -0.1) is 0 Å². The minimum Gasteiger partial charge on any atom is -0.376 e. The number of nitrogens with zero attached hydrogens (tertiary/aromatic N) is 1. The van der Waals surface area contributed by atoms with Crippen LogP contribution in [0.15, 0.2) is 24.3 Å². The van der Waals surface area contributed by atoms with Gasteiger partial charge in [0.25, 0.3) is 0 Å². The van der Waals surface area contributed by atoms with Gasteiger partial charge in [-0.1, -0.05) is 19.1 Å². The second-order valence-corrected chi connectivity index (χ2v) is 4.91.